The Kier molecular flexibility index (Phi) is 3.04. The number of benzene rings is 1. The summed E-state index contributed by atoms with van der Waals surface area (Å²) in [4.78, 5) is 10.7. The minimum Gasteiger partial charge on any atom is -0.465 e. The zero-order valence-corrected chi connectivity index (χ0v) is 10.2. The molecule has 0 bridgehead atoms. The van der Waals surface area contributed by atoms with Crippen LogP contribution in [0.3, 0.4) is 0 Å². The summed E-state index contributed by atoms with van der Waals surface area (Å²) in [5, 5.41) is 0. The van der Waals surface area contributed by atoms with Gasteiger partial charge in [-0.15, -0.1) is 0 Å². The second-order valence-electron chi connectivity index (χ2n) is 3.57. The van der Waals surface area contributed by atoms with Gasteiger partial charge in [0.15, 0.2) is 4.91 Å². The zero-order valence-electron chi connectivity index (χ0n) is 9.38. The molecule has 1 aliphatic heterocycles. The lowest BCUT2D eigenvalue weighted by Crippen LogP contribution is -2.13. The number of sulfone groups is 1. The van der Waals surface area contributed by atoms with Gasteiger partial charge in [0, 0.05) is 0 Å². The van der Waals surface area contributed by atoms with Crippen LogP contribution in [0, 0.1) is 5.82 Å². The third-order valence-electron chi connectivity index (χ3n) is 2.46. The number of hydrogen-bond donors (Lipinski definition) is 0. The van der Waals surface area contributed by atoms with Crippen molar-refractivity contribution < 1.29 is 22.3 Å². The van der Waals surface area contributed by atoms with Gasteiger partial charge in [-0.2, -0.15) is 0 Å². The summed E-state index contributed by atoms with van der Waals surface area (Å²) in [5.74, 6) is -1.48. The van der Waals surface area contributed by atoms with E-state index < -0.39 is 26.5 Å². The number of ether oxygens (including phenoxy) is 1. The molecule has 0 aliphatic carbocycles. The van der Waals surface area contributed by atoms with Crippen molar-refractivity contribution >= 4 is 20.7 Å². The number of allylic oxidation sites excluding steroid dienone is 2. The Bertz CT molecular complexity index is 671. The Morgan fingerprint density at radius 2 is 2.00 bits per heavy atom. The van der Waals surface area contributed by atoms with Crippen LogP contribution in [-0.4, -0.2) is 21.5 Å². The van der Waals surface area contributed by atoms with Crippen molar-refractivity contribution in [3.05, 3.63) is 52.7 Å². The molecule has 1 aromatic rings. The van der Waals surface area contributed by atoms with E-state index in [-0.39, 0.29) is 10.5 Å². The summed E-state index contributed by atoms with van der Waals surface area (Å²) < 4.78 is 41.5. The largest absolute Gasteiger partial charge is 0.465 e. The highest BCUT2D eigenvalue weighted by Gasteiger charge is 2.34. The molecule has 0 amide bonds. The first-order valence-corrected chi connectivity index (χ1v) is 6.46. The van der Waals surface area contributed by atoms with Crippen LogP contribution < -0.4 is 0 Å². The van der Waals surface area contributed by atoms with Crippen molar-refractivity contribution in [3.63, 3.8) is 0 Å². The van der Waals surface area contributed by atoms with Gasteiger partial charge in [0.05, 0.1) is 12.0 Å². The van der Waals surface area contributed by atoms with Crippen LogP contribution in [-0.2, 0) is 19.4 Å². The van der Waals surface area contributed by atoms with Crippen LogP contribution >= 0.6 is 0 Å². The monoisotopic (exact) mass is 268 g/mol. The van der Waals surface area contributed by atoms with Crippen molar-refractivity contribution in [2.75, 3.05) is 7.11 Å². The summed E-state index contributed by atoms with van der Waals surface area (Å²) in [6, 6.07) is 5.16. The molecule has 0 fully saturated rings. The molecule has 0 aromatic heterocycles. The van der Waals surface area contributed by atoms with E-state index >= 15 is 0 Å². The fraction of sp³-hybridized carbons (Fsp3) is 0.0833. The fourth-order valence-electron chi connectivity index (χ4n) is 1.62. The Balaban J connectivity index is 2.45. The van der Waals surface area contributed by atoms with E-state index in [0.717, 1.165) is 19.3 Å². The molecule has 1 aromatic carbocycles. The molecule has 94 valence electrons. The minimum atomic E-state index is -3.93. The number of carbonyl (C=O) groups is 1. The van der Waals surface area contributed by atoms with Crippen LogP contribution in [0.4, 0.5) is 4.39 Å². The number of methoxy groups -OCH3 is 1. The van der Waals surface area contributed by atoms with Crippen LogP contribution in [0.2, 0.25) is 0 Å². The highest BCUT2D eigenvalue weighted by molar-refractivity contribution is 8.05. The van der Waals surface area contributed by atoms with Gasteiger partial charge in [-0.25, -0.2) is 17.6 Å². The van der Waals surface area contributed by atoms with Crippen LogP contribution in [0.5, 0.6) is 0 Å². The van der Waals surface area contributed by atoms with E-state index in [1.165, 1.54) is 24.3 Å². The van der Waals surface area contributed by atoms with E-state index in [9.17, 15) is 17.6 Å². The first-order chi connectivity index (χ1) is 8.46. The molecule has 1 aliphatic rings. The summed E-state index contributed by atoms with van der Waals surface area (Å²) in [6.07, 6.45) is 2.41. The fourth-order valence-corrected chi connectivity index (χ4v) is 3.09. The maximum atomic E-state index is 13.1. The van der Waals surface area contributed by atoms with E-state index in [1.54, 1.807) is 0 Å². The quantitative estimate of drug-likeness (QED) is 0.765. The van der Waals surface area contributed by atoms with Crippen molar-refractivity contribution in [1.29, 1.82) is 0 Å². The van der Waals surface area contributed by atoms with E-state index in [2.05, 4.69) is 4.74 Å². The zero-order chi connectivity index (χ0) is 13.3. The molecule has 0 radical (unpaired) electrons. The SMILES string of the molecule is COC(=O)C1=CC=C(c2cccc(F)c2)S1(=O)=O. The van der Waals surface area contributed by atoms with Crippen molar-refractivity contribution in [2.24, 2.45) is 0 Å². The van der Waals surface area contributed by atoms with Crippen molar-refractivity contribution in [2.45, 2.75) is 0 Å². The van der Waals surface area contributed by atoms with Gasteiger partial charge in [-0.05, 0) is 29.8 Å². The minimum absolute atomic E-state index is 0.109. The van der Waals surface area contributed by atoms with Gasteiger partial charge < -0.3 is 4.74 Å². The molecule has 0 atom stereocenters. The van der Waals surface area contributed by atoms with E-state index in [4.69, 9.17) is 0 Å². The van der Waals surface area contributed by atoms with E-state index in [0.29, 0.717) is 0 Å². The molecule has 2 rings (SSSR count). The number of halogens is 1. The van der Waals surface area contributed by atoms with Gasteiger partial charge >= 0.3 is 5.97 Å². The average molecular weight is 268 g/mol. The molecule has 18 heavy (non-hydrogen) atoms. The first-order valence-electron chi connectivity index (χ1n) is 4.98. The topological polar surface area (TPSA) is 60.4 Å². The summed E-state index contributed by atoms with van der Waals surface area (Å²) in [5.41, 5.74) is 0.199. The maximum absolute atomic E-state index is 13.1. The summed E-state index contributed by atoms with van der Waals surface area (Å²) in [6.45, 7) is 0. The Hall–Kier alpha value is -1.95. The average Bonchev–Trinajstić information content (AvgIpc) is 2.63. The predicted octanol–water partition coefficient (Wildman–Crippen LogP) is 1.65. The third-order valence-corrected chi connectivity index (χ3v) is 4.29. The second kappa shape index (κ2) is 4.38. The molecule has 0 N–H and O–H groups in total. The predicted molar refractivity (Wildman–Crippen MR) is 63.4 cm³/mol. The van der Waals surface area contributed by atoms with Gasteiger partial charge in [-0.3, -0.25) is 0 Å². The Morgan fingerprint density at radius 3 is 2.61 bits per heavy atom. The molecule has 4 nitrogen and oxygen atoms in total. The standard InChI is InChI=1S/C12H9FO4S/c1-17-12(14)11-6-5-10(18(11,15)16)8-3-2-4-9(13)7-8/h2-7H,1H3. The number of rotatable bonds is 2. The van der Waals surface area contributed by atoms with Crippen LogP contribution in [0.15, 0.2) is 41.3 Å². The number of esters is 1. The highest BCUT2D eigenvalue weighted by atomic mass is 32.2. The normalized spacial score (nSPS) is 17.0. The molecule has 0 saturated carbocycles. The highest BCUT2D eigenvalue weighted by Crippen LogP contribution is 2.33. The molecule has 6 heteroatoms. The number of hydrogen-bond acceptors (Lipinski definition) is 4. The van der Waals surface area contributed by atoms with Crippen molar-refractivity contribution in [1.82, 2.24) is 0 Å². The molecular weight excluding hydrogens is 259 g/mol. The molecule has 0 spiro atoms. The summed E-state index contributed by atoms with van der Waals surface area (Å²) >= 11 is 0. The molecule has 0 unspecified atom stereocenters. The summed E-state index contributed by atoms with van der Waals surface area (Å²) in [7, 11) is -2.83. The molecule has 0 saturated heterocycles. The molecule has 1 heterocycles. The maximum Gasteiger partial charge on any atom is 0.349 e. The lowest BCUT2D eigenvalue weighted by Gasteiger charge is -2.06. The van der Waals surface area contributed by atoms with Gasteiger partial charge in [0.1, 0.15) is 5.82 Å². The lowest BCUT2D eigenvalue weighted by molar-refractivity contribution is -0.135. The molecular formula is C12H9FO4S. The Labute approximate surface area is 103 Å². The Morgan fingerprint density at radius 1 is 1.28 bits per heavy atom. The third kappa shape index (κ3) is 1.95. The van der Waals surface area contributed by atoms with Gasteiger partial charge in [0.2, 0.25) is 9.84 Å². The van der Waals surface area contributed by atoms with E-state index in [1.807, 2.05) is 0 Å². The second-order valence-corrected chi connectivity index (χ2v) is 5.45. The van der Waals surface area contributed by atoms with Crippen LogP contribution in [0.25, 0.3) is 4.91 Å². The first kappa shape index (κ1) is 12.5. The van der Waals surface area contributed by atoms with Gasteiger partial charge in [-0.1, -0.05) is 12.1 Å². The smallest absolute Gasteiger partial charge is 0.349 e. The lowest BCUT2D eigenvalue weighted by atomic mass is 10.2. The van der Waals surface area contributed by atoms with Crippen molar-refractivity contribution in [3.8, 4) is 0 Å². The van der Waals surface area contributed by atoms with Gasteiger partial charge in [0.25, 0.3) is 0 Å². The van der Waals surface area contributed by atoms with Crippen LogP contribution in [0.1, 0.15) is 5.56 Å². The number of carbonyl (C=O) groups excluding carboxylic acids is 1.